The van der Waals surface area contributed by atoms with Gasteiger partial charge in [-0.1, -0.05) is 6.07 Å². The SMILES string of the molecule is C[N+]12CCC[C@@H]1[C@H]1C[C@@H](C2)c2cccc(=O)n2C1. The Balaban J connectivity index is 1.83. The van der Waals surface area contributed by atoms with Crippen LogP contribution in [0.3, 0.4) is 0 Å². The van der Waals surface area contributed by atoms with Gasteiger partial charge >= 0.3 is 0 Å². The van der Waals surface area contributed by atoms with Crippen molar-refractivity contribution in [2.24, 2.45) is 5.92 Å². The quantitative estimate of drug-likeness (QED) is 0.636. The minimum atomic E-state index is 0.205. The maximum absolute atomic E-state index is 12.0. The van der Waals surface area contributed by atoms with Crippen LogP contribution in [0.2, 0.25) is 0 Å². The first-order chi connectivity index (χ1) is 8.67. The Hall–Kier alpha value is -1.09. The Labute approximate surface area is 108 Å². The predicted molar refractivity (Wildman–Crippen MR) is 70.5 cm³/mol. The van der Waals surface area contributed by atoms with E-state index in [1.165, 1.54) is 42.5 Å². The summed E-state index contributed by atoms with van der Waals surface area (Å²) in [4.78, 5) is 12.0. The van der Waals surface area contributed by atoms with Gasteiger partial charge in [0.25, 0.3) is 5.56 Å². The van der Waals surface area contributed by atoms with E-state index >= 15 is 0 Å². The van der Waals surface area contributed by atoms with Gasteiger partial charge in [-0.2, -0.15) is 0 Å². The van der Waals surface area contributed by atoms with Crippen molar-refractivity contribution in [3.05, 3.63) is 34.2 Å². The summed E-state index contributed by atoms with van der Waals surface area (Å²) in [6.07, 6.45) is 4.04. The molecule has 3 aliphatic rings. The molecule has 0 saturated carbocycles. The second-order valence-electron chi connectivity index (χ2n) is 6.69. The molecule has 96 valence electrons. The fourth-order valence-electron chi connectivity index (χ4n) is 4.94. The summed E-state index contributed by atoms with van der Waals surface area (Å²) in [5.41, 5.74) is 1.50. The summed E-state index contributed by atoms with van der Waals surface area (Å²) in [6, 6.07) is 6.63. The maximum Gasteiger partial charge on any atom is 0.250 e. The summed E-state index contributed by atoms with van der Waals surface area (Å²) in [5.74, 6) is 1.33. The van der Waals surface area contributed by atoms with Gasteiger partial charge in [0, 0.05) is 43.0 Å². The van der Waals surface area contributed by atoms with Crippen LogP contribution in [0.4, 0.5) is 0 Å². The van der Waals surface area contributed by atoms with Gasteiger partial charge in [0.05, 0.1) is 26.2 Å². The molecule has 0 radical (unpaired) electrons. The van der Waals surface area contributed by atoms with Crippen LogP contribution in [-0.2, 0) is 6.54 Å². The Kier molecular flexibility index (Phi) is 2.08. The van der Waals surface area contributed by atoms with Crippen LogP contribution < -0.4 is 5.56 Å². The lowest BCUT2D eigenvalue weighted by atomic mass is 9.77. The van der Waals surface area contributed by atoms with Gasteiger partial charge in [0.1, 0.15) is 0 Å². The van der Waals surface area contributed by atoms with Crippen molar-refractivity contribution in [2.45, 2.75) is 37.8 Å². The van der Waals surface area contributed by atoms with Gasteiger partial charge < -0.3 is 9.05 Å². The highest BCUT2D eigenvalue weighted by atomic mass is 16.1. The molecule has 0 N–H and O–H groups in total. The third-order valence-corrected chi connectivity index (χ3v) is 5.66. The van der Waals surface area contributed by atoms with Gasteiger partial charge in [0.15, 0.2) is 0 Å². The van der Waals surface area contributed by atoms with Crippen LogP contribution in [0.25, 0.3) is 0 Å². The average Bonchev–Trinajstić information content (AvgIpc) is 2.73. The third kappa shape index (κ3) is 1.31. The normalized spacial score (nSPS) is 41.3. The molecular weight excluding hydrogens is 224 g/mol. The van der Waals surface area contributed by atoms with E-state index < -0.39 is 0 Å². The molecule has 0 aliphatic carbocycles. The van der Waals surface area contributed by atoms with Gasteiger partial charge in [-0.25, -0.2) is 0 Å². The van der Waals surface area contributed by atoms with Crippen molar-refractivity contribution in [3.8, 4) is 0 Å². The van der Waals surface area contributed by atoms with E-state index in [0.29, 0.717) is 5.92 Å². The molecule has 0 amide bonds. The van der Waals surface area contributed by atoms with E-state index in [-0.39, 0.29) is 5.56 Å². The van der Waals surface area contributed by atoms with E-state index in [0.717, 1.165) is 18.5 Å². The van der Waals surface area contributed by atoms with E-state index in [9.17, 15) is 4.79 Å². The molecule has 18 heavy (non-hydrogen) atoms. The number of aromatic nitrogens is 1. The number of hydrogen-bond donors (Lipinski definition) is 0. The second kappa shape index (κ2) is 3.47. The fourth-order valence-corrected chi connectivity index (χ4v) is 4.94. The van der Waals surface area contributed by atoms with Crippen molar-refractivity contribution in [1.29, 1.82) is 0 Å². The van der Waals surface area contributed by atoms with Gasteiger partial charge in [-0.15, -0.1) is 0 Å². The van der Waals surface area contributed by atoms with Crippen molar-refractivity contribution >= 4 is 0 Å². The van der Waals surface area contributed by atoms with Crippen molar-refractivity contribution < 1.29 is 4.48 Å². The largest absolute Gasteiger partial charge is 0.323 e. The van der Waals surface area contributed by atoms with Gasteiger partial charge in [-0.05, 0) is 12.5 Å². The molecule has 0 aromatic carbocycles. The minimum Gasteiger partial charge on any atom is -0.323 e. The van der Waals surface area contributed by atoms with Gasteiger partial charge in [0.2, 0.25) is 0 Å². The molecule has 3 heteroatoms. The number of likely N-dealkylation sites (N-methyl/N-ethyl adjacent to an activating group) is 1. The molecule has 2 saturated heterocycles. The molecule has 2 bridgehead atoms. The first-order valence-corrected chi connectivity index (χ1v) is 7.21. The van der Waals surface area contributed by atoms with E-state index in [1.807, 2.05) is 6.07 Å². The van der Waals surface area contributed by atoms with Crippen LogP contribution in [0, 0.1) is 5.92 Å². The zero-order valence-electron chi connectivity index (χ0n) is 11.0. The van der Waals surface area contributed by atoms with Gasteiger partial charge in [-0.3, -0.25) is 4.79 Å². The standard InChI is InChI=1S/C15H21N2O/c1-17-7-3-5-14(17)11-8-12(10-17)13-4-2-6-15(18)16(13)9-11/h2,4,6,11-12,14H,3,5,7-10H2,1H3/q+1/t11-,12-,14+,17?/m0/s1. The Morgan fingerprint density at radius 3 is 3.17 bits per heavy atom. The molecule has 0 spiro atoms. The Morgan fingerprint density at radius 1 is 1.39 bits per heavy atom. The molecule has 1 aromatic rings. The predicted octanol–water partition coefficient (Wildman–Crippen LogP) is 1.57. The first kappa shape index (κ1) is 10.8. The molecule has 2 fully saturated rings. The lowest BCUT2D eigenvalue weighted by Crippen LogP contribution is -2.60. The van der Waals surface area contributed by atoms with E-state index in [1.54, 1.807) is 6.07 Å². The zero-order valence-corrected chi connectivity index (χ0v) is 11.0. The van der Waals surface area contributed by atoms with E-state index in [2.05, 4.69) is 17.7 Å². The van der Waals surface area contributed by atoms with Crippen LogP contribution in [0.5, 0.6) is 0 Å². The molecule has 1 unspecified atom stereocenters. The summed E-state index contributed by atoms with van der Waals surface area (Å²) in [5, 5.41) is 0. The first-order valence-electron chi connectivity index (χ1n) is 7.21. The van der Waals surface area contributed by atoms with Crippen LogP contribution >= 0.6 is 0 Å². The number of nitrogens with zero attached hydrogens (tertiary/aromatic N) is 2. The number of hydrogen-bond acceptors (Lipinski definition) is 1. The smallest absolute Gasteiger partial charge is 0.250 e. The molecule has 1 aromatic heterocycles. The van der Waals surface area contributed by atoms with Crippen LogP contribution in [-0.4, -0.2) is 35.2 Å². The number of quaternary nitrogens is 1. The molecule has 4 atom stereocenters. The Bertz CT molecular complexity index is 550. The number of fused-ring (bicyclic) bond motifs is 6. The van der Waals surface area contributed by atoms with Crippen LogP contribution in [0.15, 0.2) is 23.0 Å². The zero-order chi connectivity index (χ0) is 12.3. The molecule has 3 aliphatic heterocycles. The highest BCUT2D eigenvalue weighted by molar-refractivity contribution is 5.16. The maximum atomic E-state index is 12.0. The second-order valence-corrected chi connectivity index (χ2v) is 6.69. The van der Waals surface area contributed by atoms with Crippen molar-refractivity contribution in [2.75, 3.05) is 20.1 Å². The molecule has 4 rings (SSSR count). The van der Waals surface area contributed by atoms with Crippen LogP contribution in [0.1, 0.15) is 30.9 Å². The van der Waals surface area contributed by atoms with Crippen molar-refractivity contribution in [3.63, 3.8) is 0 Å². The highest BCUT2D eigenvalue weighted by Crippen LogP contribution is 2.45. The summed E-state index contributed by atoms with van der Waals surface area (Å²) < 4.78 is 3.32. The highest BCUT2D eigenvalue weighted by Gasteiger charge is 2.51. The monoisotopic (exact) mass is 245 g/mol. The Morgan fingerprint density at radius 2 is 2.28 bits per heavy atom. The number of rotatable bonds is 0. The number of piperidine rings is 1. The third-order valence-electron chi connectivity index (χ3n) is 5.66. The lowest BCUT2D eigenvalue weighted by Gasteiger charge is -2.50. The number of pyridine rings is 1. The van der Waals surface area contributed by atoms with E-state index in [4.69, 9.17) is 0 Å². The average molecular weight is 245 g/mol. The van der Waals surface area contributed by atoms with Crippen molar-refractivity contribution in [1.82, 2.24) is 4.57 Å². The molecule has 4 heterocycles. The summed E-state index contributed by atoms with van der Waals surface area (Å²) >= 11 is 0. The fraction of sp³-hybridized carbons (Fsp3) is 0.667. The topological polar surface area (TPSA) is 22.0 Å². The molecular formula is C15H21N2O+. The summed E-state index contributed by atoms with van der Waals surface area (Å²) in [6.45, 7) is 3.55. The lowest BCUT2D eigenvalue weighted by molar-refractivity contribution is -0.932. The minimum absolute atomic E-state index is 0.205. The molecule has 3 nitrogen and oxygen atoms in total. The summed E-state index contributed by atoms with van der Waals surface area (Å²) in [7, 11) is 2.44.